The summed E-state index contributed by atoms with van der Waals surface area (Å²) < 4.78 is 0. The van der Waals surface area contributed by atoms with E-state index in [9.17, 15) is 0 Å². The molecule has 0 bridgehead atoms. The van der Waals surface area contributed by atoms with Gasteiger partial charge in [-0.3, -0.25) is 0 Å². The number of nitrogens with one attached hydrogen (secondary N) is 1. The molecule has 0 atom stereocenters. The number of aromatic amines is 1. The molecule has 2 rings (SSSR count). The van der Waals surface area contributed by atoms with Gasteiger partial charge in [-0.25, -0.2) is 0 Å². The highest BCUT2D eigenvalue weighted by Gasteiger charge is 2.26. The fraction of sp³-hybridized carbons (Fsp3) is 0.636. The number of H-pyrrole nitrogens is 1. The Balaban J connectivity index is 1.71. The first-order valence-corrected chi connectivity index (χ1v) is 5.30. The lowest BCUT2D eigenvalue weighted by molar-refractivity contribution is 0.177. The lowest BCUT2D eigenvalue weighted by atomic mass is 9.80. The molecule has 1 saturated carbocycles. The molecule has 0 unspecified atom stereocenters. The van der Waals surface area contributed by atoms with Gasteiger partial charge in [0.2, 0.25) is 0 Å². The predicted octanol–water partition coefficient (Wildman–Crippen LogP) is 1.18. The van der Waals surface area contributed by atoms with Gasteiger partial charge in [-0.15, -0.1) is 0 Å². The van der Waals surface area contributed by atoms with Gasteiger partial charge in [0, 0.05) is 31.0 Å². The summed E-state index contributed by atoms with van der Waals surface area (Å²) in [4.78, 5) is 5.58. The zero-order chi connectivity index (χ0) is 9.97. The molecule has 1 aromatic rings. The fourth-order valence-corrected chi connectivity index (χ4v) is 2.20. The zero-order valence-electron chi connectivity index (χ0n) is 8.74. The molecule has 0 amide bonds. The Hall–Kier alpha value is -0.800. The molecule has 3 nitrogen and oxygen atoms in total. The molecule has 3 N–H and O–H groups in total. The molecular formula is C11H19N3. The molecule has 1 aliphatic carbocycles. The van der Waals surface area contributed by atoms with Crippen LogP contribution in [0.1, 0.15) is 18.5 Å². The van der Waals surface area contributed by atoms with Crippen LogP contribution in [0.4, 0.5) is 0 Å². The molecule has 1 aromatic heterocycles. The summed E-state index contributed by atoms with van der Waals surface area (Å²) in [5.74, 6) is 0.824. The van der Waals surface area contributed by atoms with E-state index in [2.05, 4.69) is 23.0 Å². The maximum Gasteiger partial charge on any atom is 0.0382 e. The van der Waals surface area contributed by atoms with Gasteiger partial charge in [-0.1, -0.05) is 0 Å². The van der Waals surface area contributed by atoms with Crippen LogP contribution in [-0.4, -0.2) is 29.5 Å². The maximum atomic E-state index is 5.76. The van der Waals surface area contributed by atoms with Gasteiger partial charge in [-0.2, -0.15) is 0 Å². The number of hydrogen-bond acceptors (Lipinski definition) is 2. The first-order chi connectivity index (χ1) is 6.74. The molecule has 1 fully saturated rings. The number of hydrogen-bond donors (Lipinski definition) is 2. The minimum absolute atomic E-state index is 0.471. The van der Waals surface area contributed by atoms with Crippen LogP contribution in [0, 0.1) is 5.92 Å². The molecule has 0 spiro atoms. The summed E-state index contributed by atoms with van der Waals surface area (Å²) in [6.07, 6.45) is 4.38. The van der Waals surface area contributed by atoms with Crippen molar-refractivity contribution >= 4 is 0 Å². The van der Waals surface area contributed by atoms with E-state index in [1.165, 1.54) is 25.1 Å². The van der Waals surface area contributed by atoms with Crippen LogP contribution in [0.5, 0.6) is 0 Å². The second-order valence-corrected chi connectivity index (χ2v) is 4.49. The Labute approximate surface area is 85.3 Å². The second-order valence-electron chi connectivity index (χ2n) is 4.49. The van der Waals surface area contributed by atoms with Gasteiger partial charge in [-0.05, 0) is 37.9 Å². The van der Waals surface area contributed by atoms with Crippen molar-refractivity contribution in [3.63, 3.8) is 0 Å². The molecule has 14 heavy (non-hydrogen) atoms. The van der Waals surface area contributed by atoms with Gasteiger partial charge >= 0.3 is 0 Å². The SMILES string of the molecule is CN(Cc1ccc[nH]1)CC1CC(N)C1. The Bertz CT molecular complexity index is 262. The summed E-state index contributed by atoms with van der Waals surface area (Å²) in [5, 5.41) is 0. The monoisotopic (exact) mass is 193 g/mol. The number of rotatable bonds is 4. The summed E-state index contributed by atoms with van der Waals surface area (Å²) in [6, 6.07) is 4.64. The van der Waals surface area contributed by atoms with Crippen LogP contribution in [0.2, 0.25) is 0 Å². The topological polar surface area (TPSA) is 45.0 Å². The number of nitrogens with zero attached hydrogens (tertiary/aromatic N) is 1. The Morgan fingerprint density at radius 1 is 1.57 bits per heavy atom. The van der Waals surface area contributed by atoms with Crippen LogP contribution in [0.25, 0.3) is 0 Å². The molecule has 1 heterocycles. The van der Waals surface area contributed by atoms with E-state index in [4.69, 9.17) is 5.73 Å². The normalized spacial score (nSPS) is 26.5. The van der Waals surface area contributed by atoms with Gasteiger partial charge in [0.05, 0.1) is 0 Å². The van der Waals surface area contributed by atoms with E-state index < -0.39 is 0 Å². The average molecular weight is 193 g/mol. The number of nitrogens with two attached hydrogens (primary N) is 1. The van der Waals surface area contributed by atoms with Crippen LogP contribution < -0.4 is 5.73 Å². The van der Waals surface area contributed by atoms with Gasteiger partial charge < -0.3 is 15.6 Å². The van der Waals surface area contributed by atoms with Gasteiger partial charge in [0.15, 0.2) is 0 Å². The highest BCUT2D eigenvalue weighted by molar-refractivity contribution is 5.03. The highest BCUT2D eigenvalue weighted by atomic mass is 15.1. The van der Waals surface area contributed by atoms with Crippen LogP contribution in [0.15, 0.2) is 18.3 Å². The Morgan fingerprint density at radius 3 is 2.93 bits per heavy atom. The molecule has 1 aliphatic rings. The van der Waals surface area contributed by atoms with E-state index in [0.29, 0.717) is 6.04 Å². The van der Waals surface area contributed by atoms with Crippen molar-refractivity contribution in [3.8, 4) is 0 Å². The van der Waals surface area contributed by atoms with Crippen molar-refractivity contribution in [2.45, 2.75) is 25.4 Å². The van der Waals surface area contributed by atoms with Crippen molar-refractivity contribution < 1.29 is 0 Å². The molecule has 0 radical (unpaired) electrons. The van der Waals surface area contributed by atoms with Crippen LogP contribution in [0.3, 0.4) is 0 Å². The van der Waals surface area contributed by atoms with E-state index in [-0.39, 0.29) is 0 Å². The van der Waals surface area contributed by atoms with Gasteiger partial charge in [0.1, 0.15) is 0 Å². The number of aromatic nitrogens is 1. The highest BCUT2D eigenvalue weighted by Crippen LogP contribution is 2.26. The van der Waals surface area contributed by atoms with E-state index >= 15 is 0 Å². The molecule has 0 aliphatic heterocycles. The van der Waals surface area contributed by atoms with E-state index in [1.54, 1.807) is 0 Å². The first kappa shape index (κ1) is 9.74. The molecule has 0 saturated heterocycles. The zero-order valence-corrected chi connectivity index (χ0v) is 8.74. The summed E-state index contributed by atoms with van der Waals surface area (Å²) in [5.41, 5.74) is 7.04. The quantitative estimate of drug-likeness (QED) is 0.754. The van der Waals surface area contributed by atoms with E-state index in [1.807, 2.05) is 12.3 Å². The summed E-state index contributed by atoms with van der Waals surface area (Å²) in [7, 11) is 2.17. The van der Waals surface area contributed by atoms with E-state index in [0.717, 1.165) is 12.5 Å². The van der Waals surface area contributed by atoms with Crippen molar-refractivity contribution in [3.05, 3.63) is 24.0 Å². The maximum absolute atomic E-state index is 5.76. The third-order valence-corrected chi connectivity index (χ3v) is 2.94. The fourth-order valence-electron chi connectivity index (χ4n) is 2.20. The van der Waals surface area contributed by atoms with Crippen molar-refractivity contribution in [1.29, 1.82) is 0 Å². The van der Waals surface area contributed by atoms with Crippen LogP contribution >= 0.6 is 0 Å². The summed E-state index contributed by atoms with van der Waals surface area (Å²) >= 11 is 0. The first-order valence-electron chi connectivity index (χ1n) is 5.30. The Kier molecular flexibility index (Phi) is 2.89. The van der Waals surface area contributed by atoms with Crippen LogP contribution in [-0.2, 0) is 6.54 Å². The molecule has 78 valence electrons. The molecule has 0 aromatic carbocycles. The second kappa shape index (κ2) is 4.15. The van der Waals surface area contributed by atoms with Crippen molar-refractivity contribution in [2.75, 3.05) is 13.6 Å². The standard InChI is InChI=1S/C11H19N3/c1-14(7-9-5-10(12)6-9)8-11-3-2-4-13-11/h2-4,9-10,13H,5-8,12H2,1H3. The van der Waals surface area contributed by atoms with Crippen molar-refractivity contribution in [1.82, 2.24) is 9.88 Å². The molecule has 3 heteroatoms. The van der Waals surface area contributed by atoms with Gasteiger partial charge in [0.25, 0.3) is 0 Å². The average Bonchev–Trinajstić information content (AvgIpc) is 2.54. The minimum Gasteiger partial charge on any atom is -0.364 e. The third-order valence-electron chi connectivity index (χ3n) is 2.94. The minimum atomic E-state index is 0.471. The third kappa shape index (κ3) is 2.36. The summed E-state index contributed by atoms with van der Waals surface area (Å²) in [6.45, 7) is 2.19. The lowest BCUT2D eigenvalue weighted by Gasteiger charge is -2.35. The largest absolute Gasteiger partial charge is 0.364 e. The molecular weight excluding hydrogens is 174 g/mol. The Morgan fingerprint density at radius 2 is 2.36 bits per heavy atom. The van der Waals surface area contributed by atoms with Crippen molar-refractivity contribution in [2.24, 2.45) is 11.7 Å². The smallest absolute Gasteiger partial charge is 0.0382 e. The lowest BCUT2D eigenvalue weighted by Crippen LogP contribution is -2.41. The predicted molar refractivity (Wildman–Crippen MR) is 57.8 cm³/mol.